The van der Waals surface area contributed by atoms with Crippen LogP contribution >= 0.6 is 0 Å². The fourth-order valence-electron chi connectivity index (χ4n) is 9.82. The maximum absolute atomic E-state index is 5.32. The summed E-state index contributed by atoms with van der Waals surface area (Å²) in [7, 11) is 0. The van der Waals surface area contributed by atoms with Gasteiger partial charge in [-0.1, -0.05) is 148 Å². The second-order valence-corrected chi connectivity index (χ2v) is 16.8. The van der Waals surface area contributed by atoms with Gasteiger partial charge in [-0.15, -0.1) is 0 Å². The highest BCUT2D eigenvalue weighted by Gasteiger charge is 2.38. The molecule has 4 aliphatic carbocycles. The van der Waals surface area contributed by atoms with Gasteiger partial charge >= 0.3 is 0 Å². The van der Waals surface area contributed by atoms with Crippen LogP contribution in [-0.2, 0) is 18.4 Å². The standard InChI is InChI=1S/C55H47N3/c1-35-15-13-23-47-44(35)27-26-40-30-42-31-43(32-48(52(42)51(40)47)39-25-28-46-45-22-11-12-24-49(45)55(2,3)50(46)33-39)53(56-4)58-54(57-34-36-16-7-5-8-17-36)41-21-14-20-38(29-41)37-18-9-6-10-19-37/h5-10,12-14,16-21,23-29,31-33,35H,4,11,15,22,30,34H2,1-3H3. The van der Waals surface area contributed by atoms with Crippen LogP contribution in [-0.4, -0.2) is 18.4 Å². The van der Waals surface area contributed by atoms with Crippen molar-refractivity contribution in [2.24, 2.45) is 15.0 Å². The maximum atomic E-state index is 5.32. The quantitative estimate of drug-likeness (QED) is 0.120. The second kappa shape index (κ2) is 14.5. The van der Waals surface area contributed by atoms with E-state index in [9.17, 15) is 0 Å². The van der Waals surface area contributed by atoms with Gasteiger partial charge in [0, 0.05) is 16.5 Å². The van der Waals surface area contributed by atoms with E-state index in [1.165, 1.54) is 66.8 Å². The number of hydrogen-bond donors (Lipinski definition) is 0. The van der Waals surface area contributed by atoms with E-state index >= 15 is 0 Å². The Bertz CT molecular complexity index is 2790. The summed E-state index contributed by atoms with van der Waals surface area (Å²) in [5, 5.41) is 0. The predicted molar refractivity (Wildman–Crippen MR) is 245 cm³/mol. The Balaban J connectivity index is 1.15. The van der Waals surface area contributed by atoms with Gasteiger partial charge in [0.25, 0.3) is 0 Å². The molecule has 4 aliphatic rings. The normalized spacial score (nSPS) is 17.4. The van der Waals surface area contributed by atoms with Crippen LogP contribution in [0.1, 0.15) is 96.0 Å². The predicted octanol–water partition coefficient (Wildman–Crippen LogP) is 13.6. The molecule has 1 atom stereocenters. The molecule has 0 fully saturated rings. The van der Waals surface area contributed by atoms with Crippen molar-refractivity contribution in [2.75, 3.05) is 0 Å². The Hall–Kier alpha value is -6.45. The molecule has 282 valence electrons. The Labute approximate surface area is 342 Å². The first-order valence-corrected chi connectivity index (χ1v) is 20.7. The van der Waals surface area contributed by atoms with Crippen molar-refractivity contribution in [1.82, 2.24) is 0 Å². The van der Waals surface area contributed by atoms with Crippen molar-refractivity contribution in [3.63, 3.8) is 0 Å². The fourth-order valence-corrected chi connectivity index (χ4v) is 9.82. The maximum Gasteiger partial charge on any atom is 0.161 e. The number of hydrogen-bond acceptors (Lipinski definition) is 1. The number of aliphatic imine (C=N–C) groups is 3. The van der Waals surface area contributed by atoms with Crippen molar-refractivity contribution in [3.8, 4) is 33.4 Å². The molecule has 0 bridgehead atoms. The number of rotatable bonds is 6. The lowest BCUT2D eigenvalue weighted by molar-refractivity contribution is 0.651. The third-order valence-electron chi connectivity index (χ3n) is 12.8. The molecule has 3 nitrogen and oxygen atoms in total. The third kappa shape index (κ3) is 6.17. The molecule has 10 rings (SSSR count). The average Bonchev–Trinajstić information content (AvgIpc) is 3.76. The molecule has 0 aromatic heterocycles. The van der Waals surface area contributed by atoms with Gasteiger partial charge in [0.2, 0.25) is 0 Å². The lowest BCUT2D eigenvalue weighted by Crippen LogP contribution is -2.16. The summed E-state index contributed by atoms with van der Waals surface area (Å²) in [4.78, 5) is 15.2. The van der Waals surface area contributed by atoms with E-state index in [2.05, 4.69) is 172 Å². The van der Waals surface area contributed by atoms with Crippen LogP contribution in [0.5, 0.6) is 0 Å². The molecule has 3 heteroatoms. The Morgan fingerprint density at radius 1 is 0.690 bits per heavy atom. The van der Waals surface area contributed by atoms with Crippen molar-refractivity contribution in [2.45, 2.75) is 64.3 Å². The minimum atomic E-state index is -0.0681. The first kappa shape index (κ1) is 35.9. The summed E-state index contributed by atoms with van der Waals surface area (Å²) >= 11 is 0. The topological polar surface area (TPSA) is 37.1 Å². The molecule has 58 heavy (non-hydrogen) atoms. The first-order chi connectivity index (χ1) is 28.4. The molecule has 0 heterocycles. The van der Waals surface area contributed by atoms with E-state index in [-0.39, 0.29) is 5.41 Å². The minimum Gasteiger partial charge on any atom is -0.261 e. The largest absolute Gasteiger partial charge is 0.261 e. The highest BCUT2D eigenvalue weighted by molar-refractivity contribution is 6.14. The summed E-state index contributed by atoms with van der Waals surface area (Å²) in [5.41, 5.74) is 21.6. The number of amidine groups is 2. The summed E-state index contributed by atoms with van der Waals surface area (Å²) in [6, 6.07) is 45.9. The van der Waals surface area contributed by atoms with E-state index in [1.54, 1.807) is 0 Å². The molecule has 6 aromatic carbocycles. The molecular weight excluding hydrogens is 703 g/mol. The van der Waals surface area contributed by atoms with Crippen LogP contribution in [0.25, 0.3) is 45.0 Å². The van der Waals surface area contributed by atoms with Gasteiger partial charge in [-0.3, -0.25) is 4.99 Å². The van der Waals surface area contributed by atoms with E-state index in [1.807, 2.05) is 12.1 Å². The molecule has 0 saturated carbocycles. The number of allylic oxidation sites excluding steroid dienone is 5. The SMILES string of the molecule is C=NC(=NC(=NCc1ccccc1)c1cccc(-c2ccccc2)c1)c1cc2c(c(-c3ccc4c(c3)C(C)(C)C3=C4CCC=C3)c1)-c1c(ccc3c1C=CCC3C)C2. The van der Waals surface area contributed by atoms with E-state index in [0.717, 1.165) is 53.5 Å². The van der Waals surface area contributed by atoms with Gasteiger partial charge in [-0.2, -0.15) is 0 Å². The Kier molecular flexibility index (Phi) is 8.98. The smallest absolute Gasteiger partial charge is 0.161 e. The molecular formula is C55H47N3. The van der Waals surface area contributed by atoms with Gasteiger partial charge < -0.3 is 0 Å². The van der Waals surface area contributed by atoms with Gasteiger partial charge in [0.1, 0.15) is 0 Å². The zero-order valence-electron chi connectivity index (χ0n) is 33.6. The summed E-state index contributed by atoms with van der Waals surface area (Å²) < 4.78 is 0. The summed E-state index contributed by atoms with van der Waals surface area (Å²) in [6.45, 7) is 11.8. The van der Waals surface area contributed by atoms with Crippen LogP contribution < -0.4 is 0 Å². The van der Waals surface area contributed by atoms with Gasteiger partial charge in [0.05, 0.1) is 6.54 Å². The van der Waals surface area contributed by atoms with E-state index < -0.39 is 0 Å². The average molecular weight is 750 g/mol. The fraction of sp³-hybridized carbons (Fsp3) is 0.182. The number of fused-ring (bicyclic) bond motifs is 7. The molecule has 1 unspecified atom stereocenters. The molecule has 6 aromatic rings. The highest BCUT2D eigenvalue weighted by atomic mass is 15.0. The van der Waals surface area contributed by atoms with Crippen molar-refractivity contribution in [1.29, 1.82) is 0 Å². The molecule has 0 radical (unpaired) electrons. The van der Waals surface area contributed by atoms with Crippen LogP contribution in [0.2, 0.25) is 0 Å². The molecule has 0 aliphatic heterocycles. The molecule has 0 saturated heterocycles. The zero-order valence-corrected chi connectivity index (χ0v) is 33.6. The van der Waals surface area contributed by atoms with Crippen molar-refractivity contribution >= 4 is 30.0 Å². The van der Waals surface area contributed by atoms with Crippen molar-refractivity contribution in [3.05, 3.63) is 201 Å². The Morgan fingerprint density at radius 2 is 1.50 bits per heavy atom. The minimum absolute atomic E-state index is 0.0681. The summed E-state index contributed by atoms with van der Waals surface area (Å²) in [5.74, 6) is 1.68. The van der Waals surface area contributed by atoms with E-state index in [4.69, 9.17) is 9.98 Å². The number of benzene rings is 6. The second-order valence-electron chi connectivity index (χ2n) is 16.8. The van der Waals surface area contributed by atoms with Crippen LogP contribution in [0, 0.1) is 0 Å². The molecule has 0 spiro atoms. The number of nitrogens with zero attached hydrogens (tertiary/aromatic N) is 3. The first-order valence-electron chi connectivity index (χ1n) is 20.7. The van der Waals surface area contributed by atoms with Gasteiger partial charge in [0.15, 0.2) is 11.7 Å². The van der Waals surface area contributed by atoms with Crippen LogP contribution in [0.3, 0.4) is 0 Å². The summed E-state index contributed by atoms with van der Waals surface area (Å²) in [6.07, 6.45) is 13.6. The van der Waals surface area contributed by atoms with Gasteiger partial charge in [-0.05, 0) is 146 Å². The van der Waals surface area contributed by atoms with Crippen molar-refractivity contribution < 1.29 is 0 Å². The monoisotopic (exact) mass is 749 g/mol. The van der Waals surface area contributed by atoms with Crippen LogP contribution in [0.4, 0.5) is 0 Å². The van der Waals surface area contributed by atoms with Gasteiger partial charge in [-0.25, -0.2) is 9.98 Å². The zero-order chi connectivity index (χ0) is 39.4. The third-order valence-corrected chi connectivity index (χ3v) is 12.8. The molecule has 0 amide bonds. The lowest BCUT2D eigenvalue weighted by Gasteiger charge is -2.25. The Morgan fingerprint density at radius 3 is 2.33 bits per heavy atom. The van der Waals surface area contributed by atoms with E-state index in [0.29, 0.717) is 24.1 Å². The lowest BCUT2D eigenvalue weighted by atomic mass is 9.78. The van der Waals surface area contributed by atoms with Crippen LogP contribution in [0.15, 0.2) is 166 Å². The highest BCUT2D eigenvalue weighted by Crippen LogP contribution is 2.53. The molecule has 0 N–H and O–H groups in total.